The zero-order valence-corrected chi connectivity index (χ0v) is 19.8. The Morgan fingerprint density at radius 3 is 2.44 bits per heavy atom. The van der Waals surface area contributed by atoms with Crippen LogP contribution in [0.2, 0.25) is 5.02 Å². The number of halogens is 1. The lowest BCUT2D eigenvalue weighted by Gasteiger charge is -2.25. The third-order valence-electron chi connectivity index (χ3n) is 4.56. The average molecular weight is 464 g/mol. The summed E-state index contributed by atoms with van der Waals surface area (Å²) in [6.45, 7) is 9.04. The fourth-order valence-electron chi connectivity index (χ4n) is 3.07. The van der Waals surface area contributed by atoms with Gasteiger partial charge in [0.2, 0.25) is 0 Å². The number of nitrogens with one attached hydrogen (secondary N) is 1. The molecule has 1 N–H and O–H groups in total. The van der Waals surface area contributed by atoms with Crippen LogP contribution in [0, 0.1) is 0 Å². The van der Waals surface area contributed by atoms with Crippen LogP contribution < -0.4 is 10.9 Å². The van der Waals surface area contributed by atoms with Crippen LogP contribution in [0.1, 0.15) is 64.3 Å². The standard InChI is InChI=1S/C23H30ClN3O5/c1-6-31-21(29)13-27-14-25-18(12-20(27)28)15(2)11-19(16-7-9-17(24)10-8-16)26-22(30)32-23(3,4)5/h7-10,12,14-15,19H,6,11,13H2,1-5H3,(H,26,30)/t15-,19+/m1/s1. The summed E-state index contributed by atoms with van der Waals surface area (Å²) in [5.41, 5.74) is 0.423. The third-order valence-corrected chi connectivity index (χ3v) is 4.81. The Bertz CT molecular complexity index is 982. The van der Waals surface area contributed by atoms with E-state index in [1.807, 2.05) is 19.1 Å². The van der Waals surface area contributed by atoms with Crippen LogP contribution in [0.3, 0.4) is 0 Å². The van der Waals surface area contributed by atoms with Gasteiger partial charge in [-0.2, -0.15) is 0 Å². The Morgan fingerprint density at radius 2 is 1.88 bits per heavy atom. The van der Waals surface area contributed by atoms with Crippen LogP contribution >= 0.6 is 11.6 Å². The number of hydrogen-bond acceptors (Lipinski definition) is 6. The van der Waals surface area contributed by atoms with Crippen molar-refractivity contribution >= 4 is 23.7 Å². The number of carbonyl (C=O) groups is 2. The topological polar surface area (TPSA) is 99.5 Å². The summed E-state index contributed by atoms with van der Waals surface area (Å²) in [7, 11) is 0. The summed E-state index contributed by atoms with van der Waals surface area (Å²) >= 11 is 6.01. The minimum absolute atomic E-state index is 0.171. The Hall–Kier alpha value is -2.87. The van der Waals surface area contributed by atoms with Gasteiger partial charge < -0.3 is 14.8 Å². The molecule has 0 saturated heterocycles. The fraction of sp³-hybridized carbons (Fsp3) is 0.478. The summed E-state index contributed by atoms with van der Waals surface area (Å²) in [4.78, 5) is 40.8. The number of carbonyl (C=O) groups excluding carboxylic acids is 2. The highest BCUT2D eigenvalue weighted by molar-refractivity contribution is 6.30. The van der Waals surface area contributed by atoms with Gasteiger partial charge in [-0.1, -0.05) is 30.7 Å². The molecule has 0 radical (unpaired) electrons. The van der Waals surface area contributed by atoms with Crippen molar-refractivity contribution in [2.75, 3.05) is 6.61 Å². The highest BCUT2D eigenvalue weighted by Gasteiger charge is 2.23. The van der Waals surface area contributed by atoms with Crippen molar-refractivity contribution < 1.29 is 19.1 Å². The number of aromatic nitrogens is 2. The van der Waals surface area contributed by atoms with Crippen molar-refractivity contribution in [3.63, 3.8) is 0 Å². The third kappa shape index (κ3) is 8.00. The Balaban J connectivity index is 2.19. The SMILES string of the molecule is CCOC(=O)Cn1cnc([C@H](C)C[C@H](NC(=O)OC(C)(C)C)c2ccc(Cl)cc2)cc1=O. The van der Waals surface area contributed by atoms with Crippen molar-refractivity contribution in [3.05, 3.63) is 63.3 Å². The van der Waals surface area contributed by atoms with Crippen molar-refractivity contribution in [2.45, 2.75) is 65.1 Å². The van der Waals surface area contributed by atoms with Gasteiger partial charge in [-0.05, 0) is 51.8 Å². The molecule has 1 aromatic carbocycles. The number of rotatable bonds is 8. The van der Waals surface area contributed by atoms with Crippen molar-refractivity contribution in [1.82, 2.24) is 14.9 Å². The molecule has 1 amide bonds. The van der Waals surface area contributed by atoms with Gasteiger partial charge in [0, 0.05) is 17.0 Å². The number of hydrogen-bond donors (Lipinski definition) is 1. The molecule has 2 rings (SSSR count). The molecule has 0 aliphatic heterocycles. The van der Waals surface area contributed by atoms with Gasteiger partial charge in [0.25, 0.3) is 5.56 Å². The van der Waals surface area contributed by atoms with Crippen LogP contribution in [0.25, 0.3) is 0 Å². The minimum atomic E-state index is -0.634. The lowest BCUT2D eigenvalue weighted by atomic mass is 9.93. The van der Waals surface area contributed by atoms with E-state index >= 15 is 0 Å². The predicted octanol–water partition coefficient (Wildman–Crippen LogP) is 4.22. The van der Waals surface area contributed by atoms with Gasteiger partial charge in [0.15, 0.2) is 0 Å². The van der Waals surface area contributed by atoms with E-state index in [9.17, 15) is 14.4 Å². The number of benzene rings is 1. The first-order valence-electron chi connectivity index (χ1n) is 10.5. The molecule has 0 aliphatic rings. The molecular formula is C23H30ClN3O5. The first kappa shape index (κ1) is 25.4. The molecule has 0 bridgehead atoms. The largest absolute Gasteiger partial charge is 0.465 e. The van der Waals surface area contributed by atoms with E-state index in [2.05, 4.69) is 10.3 Å². The van der Waals surface area contributed by atoms with E-state index in [0.717, 1.165) is 5.56 Å². The summed E-state index contributed by atoms with van der Waals surface area (Å²) in [6.07, 6.45) is 1.27. The maximum atomic E-state index is 12.4. The smallest absolute Gasteiger partial charge is 0.408 e. The molecule has 8 nitrogen and oxygen atoms in total. The number of ether oxygens (including phenoxy) is 2. The molecule has 0 saturated carbocycles. The molecule has 9 heteroatoms. The first-order chi connectivity index (χ1) is 15.0. The monoisotopic (exact) mass is 463 g/mol. The van der Waals surface area contributed by atoms with Crippen LogP contribution in [-0.2, 0) is 20.8 Å². The second-order valence-electron chi connectivity index (χ2n) is 8.47. The number of nitrogens with zero attached hydrogens (tertiary/aromatic N) is 2. The van der Waals surface area contributed by atoms with Gasteiger partial charge in [0.05, 0.1) is 24.7 Å². The van der Waals surface area contributed by atoms with Crippen LogP contribution in [0.15, 0.2) is 41.5 Å². The molecule has 1 heterocycles. The van der Waals surface area contributed by atoms with E-state index in [1.165, 1.54) is 17.0 Å². The summed E-state index contributed by atoms with van der Waals surface area (Å²) in [6, 6.07) is 8.18. The van der Waals surface area contributed by atoms with E-state index in [1.54, 1.807) is 39.8 Å². The molecule has 2 atom stereocenters. The zero-order valence-electron chi connectivity index (χ0n) is 19.1. The number of alkyl carbamates (subject to hydrolysis) is 1. The highest BCUT2D eigenvalue weighted by Crippen LogP contribution is 2.28. The maximum Gasteiger partial charge on any atom is 0.408 e. The molecule has 0 fully saturated rings. The summed E-state index contributed by atoms with van der Waals surface area (Å²) in [5.74, 6) is -0.669. The molecule has 32 heavy (non-hydrogen) atoms. The molecule has 0 aliphatic carbocycles. The van der Waals surface area contributed by atoms with Crippen LogP contribution in [0.5, 0.6) is 0 Å². The van der Waals surface area contributed by atoms with Gasteiger partial charge in [-0.3, -0.25) is 14.2 Å². The lowest BCUT2D eigenvalue weighted by Crippen LogP contribution is -2.35. The molecule has 0 spiro atoms. The highest BCUT2D eigenvalue weighted by atomic mass is 35.5. The number of esters is 1. The predicted molar refractivity (Wildman–Crippen MR) is 122 cm³/mol. The van der Waals surface area contributed by atoms with Crippen molar-refractivity contribution in [1.29, 1.82) is 0 Å². The van der Waals surface area contributed by atoms with Gasteiger partial charge in [-0.15, -0.1) is 0 Å². The van der Waals surface area contributed by atoms with E-state index in [-0.39, 0.29) is 30.7 Å². The van der Waals surface area contributed by atoms with Gasteiger partial charge in [0.1, 0.15) is 12.1 Å². The molecule has 174 valence electrons. The first-order valence-corrected chi connectivity index (χ1v) is 10.8. The fourth-order valence-corrected chi connectivity index (χ4v) is 3.20. The van der Waals surface area contributed by atoms with E-state index in [0.29, 0.717) is 17.1 Å². The summed E-state index contributed by atoms with van der Waals surface area (Å²) < 4.78 is 11.5. The maximum absolute atomic E-state index is 12.4. The van der Waals surface area contributed by atoms with Gasteiger partial charge >= 0.3 is 12.1 Å². The number of amides is 1. The molecule has 0 unspecified atom stereocenters. The second kappa shape index (κ2) is 11.1. The second-order valence-corrected chi connectivity index (χ2v) is 8.91. The lowest BCUT2D eigenvalue weighted by molar-refractivity contribution is -0.143. The van der Waals surface area contributed by atoms with Gasteiger partial charge in [-0.25, -0.2) is 9.78 Å². The van der Waals surface area contributed by atoms with Crippen molar-refractivity contribution in [2.24, 2.45) is 0 Å². The van der Waals surface area contributed by atoms with Crippen molar-refractivity contribution in [3.8, 4) is 0 Å². The normalized spacial score (nSPS) is 13.2. The molecule has 1 aromatic heterocycles. The Kier molecular flexibility index (Phi) is 8.83. The average Bonchev–Trinajstić information content (AvgIpc) is 2.68. The molecule has 2 aromatic rings. The zero-order chi connectivity index (χ0) is 23.9. The Morgan fingerprint density at radius 1 is 1.22 bits per heavy atom. The van der Waals surface area contributed by atoms with E-state index in [4.69, 9.17) is 21.1 Å². The molecular weight excluding hydrogens is 434 g/mol. The van der Waals surface area contributed by atoms with Crippen LogP contribution in [-0.4, -0.2) is 33.8 Å². The quantitative estimate of drug-likeness (QED) is 0.588. The summed E-state index contributed by atoms with van der Waals surface area (Å²) in [5, 5.41) is 3.49. The van der Waals surface area contributed by atoms with E-state index < -0.39 is 17.7 Å². The van der Waals surface area contributed by atoms with Crippen LogP contribution in [0.4, 0.5) is 4.79 Å². The minimum Gasteiger partial charge on any atom is -0.465 e. The Labute approximate surface area is 192 Å².